The summed E-state index contributed by atoms with van der Waals surface area (Å²) in [6, 6.07) is 0. The van der Waals surface area contributed by atoms with Crippen LogP contribution in [0.5, 0.6) is 0 Å². The van der Waals surface area contributed by atoms with Crippen molar-refractivity contribution in [3.05, 3.63) is 0 Å². The molecule has 0 aromatic rings. The summed E-state index contributed by atoms with van der Waals surface area (Å²) in [5.74, 6) is -1.79. The highest BCUT2D eigenvalue weighted by Crippen LogP contribution is 2.22. The molecule has 6 heteroatoms. The maximum absolute atomic E-state index is 11.4. The molecule has 0 fully saturated rings. The highest BCUT2D eigenvalue weighted by atomic mass is 16.7. The Balaban J connectivity index is 4.25. The Morgan fingerprint density at radius 1 is 0.842 bits per heavy atom. The zero-order valence-electron chi connectivity index (χ0n) is 12.4. The summed E-state index contributed by atoms with van der Waals surface area (Å²) in [7, 11) is 0. The molecule has 0 spiro atoms. The molecule has 0 aromatic heterocycles. The topological polar surface area (TPSA) is 93.1 Å². The Bertz CT molecular complexity index is 291. The van der Waals surface area contributed by atoms with E-state index < -0.39 is 41.8 Å². The van der Waals surface area contributed by atoms with Crippen LogP contribution in [0, 0.1) is 10.8 Å². The minimum Gasteiger partial charge on any atom is -0.435 e. The average molecular weight is 276 g/mol. The van der Waals surface area contributed by atoms with Gasteiger partial charge in [0.05, 0.1) is 0 Å². The van der Waals surface area contributed by atoms with E-state index in [1.54, 1.807) is 41.5 Å². The predicted molar refractivity (Wildman–Crippen MR) is 67.7 cm³/mol. The quantitative estimate of drug-likeness (QED) is 0.455. The van der Waals surface area contributed by atoms with Crippen LogP contribution in [0.15, 0.2) is 0 Å². The second-order valence-corrected chi connectivity index (χ2v) is 6.59. The molecular weight excluding hydrogens is 252 g/mol. The van der Waals surface area contributed by atoms with E-state index in [1.165, 1.54) is 0 Å². The van der Waals surface area contributed by atoms with Gasteiger partial charge in [-0.05, 0) is 0 Å². The molecule has 0 aliphatic carbocycles. The van der Waals surface area contributed by atoms with Crippen molar-refractivity contribution in [1.29, 1.82) is 0 Å². The molecule has 0 bridgehead atoms. The Morgan fingerprint density at radius 2 is 1.11 bits per heavy atom. The fraction of sp³-hybridized carbons (Fsp3) is 0.846. The summed E-state index contributed by atoms with van der Waals surface area (Å²) >= 11 is 0. The van der Waals surface area contributed by atoms with Crippen molar-refractivity contribution < 1.29 is 29.3 Å². The van der Waals surface area contributed by atoms with E-state index >= 15 is 0 Å². The number of hydrogen-bond donors (Lipinski definition) is 2. The van der Waals surface area contributed by atoms with Crippen LogP contribution in [0.1, 0.15) is 48.0 Å². The molecule has 0 saturated heterocycles. The normalized spacial score (nSPS) is 15.6. The van der Waals surface area contributed by atoms with Gasteiger partial charge in [-0.2, -0.15) is 0 Å². The predicted octanol–water partition coefficient (Wildman–Crippen LogP) is 1.19. The zero-order valence-corrected chi connectivity index (χ0v) is 12.4. The molecule has 0 aliphatic heterocycles. The fourth-order valence-electron chi connectivity index (χ4n) is 0.804. The summed E-state index contributed by atoms with van der Waals surface area (Å²) < 4.78 is 9.37. The number of carbonyl (C=O) groups is 2. The number of carbonyl (C=O) groups excluding carboxylic acids is 2. The molecule has 2 N–H and O–H groups in total. The second kappa shape index (κ2) is 6.34. The number of aliphatic hydroxyl groups excluding tert-OH is 2. The summed E-state index contributed by atoms with van der Waals surface area (Å²) in [5.41, 5.74) is -1.27. The first-order valence-corrected chi connectivity index (χ1v) is 6.09. The summed E-state index contributed by atoms with van der Waals surface area (Å²) in [6.07, 6.45) is -3.26. The van der Waals surface area contributed by atoms with Gasteiger partial charge >= 0.3 is 11.9 Å². The van der Waals surface area contributed by atoms with Crippen molar-refractivity contribution in [3.63, 3.8) is 0 Å². The van der Waals surface area contributed by atoms with Crippen molar-refractivity contribution in [2.75, 3.05) is 0 Å². The Hall–Kier alpha value is -1.14. The molecule has 0 amide bonds. The molecule has 2 unspecified atom stereocenters. The smallest absolute Gasteiger partial charge is 0.319 e. The lowest BCUT2D eigenvalue weighted by Gasteiger charge is -2.26. The first-order chi connectivity index (χ1) is 8.34. The summed E-state index contributed by atoms with van der Waals surface area (Å²) in [6.45, 7) is 10.1. The van der Waals surface area contributed by atoms with Gasteiger partial charge in [-0.3, -0.25) is 9.59 Å². The third-order valence-corrected chi connectivity index (χ3v) is 2.26. The van der Waals surface area contributed by atoms with Crippen molar-refractivity contribution in [2.24, 2.45) is 10.8 Å². The van der Waals surface area contributed by atoms with E-state index in [1.807, 2.05) is 0 Å². The number of rotatable bonds is 4. The van der Waals surface area contributed by atoms with Crippen LogP contribution in [0.2, 0.25) is 0 Å². The number of aliphatic hydroxyl groups is 2. The molecule has 19 heavy (non-hydrogen) atoms. The van der Waals surface area contributed by atoms with Gasteiger partial charge in [0, 0.05) is 10.8 Å². The number of esters is 2. The fourth-order valence-corrected chi connectivity index (χ4v) is 0.804. The van der Waals surface area contributed by atoms with Gasteiger partial charge in [0.2, 0.25) is 12.6 Å². The summed E-state index contributed by atoms with van der Waals surface area (Å²) in [4.78, 5) is 22.8. The SMILES string of the molecule is CC(C)(C)C(O)OC(=O)CC(=O)OC(O)C(C)(C)C. The van der Waals surface area contributed by atoms with Crippen LogP contribution in [0.3, 0.4) is 0 Å². The average Bonchev–Trinajstić information content (AvgIpc) is 2.13. The van der Waals surface area contributed by atoms with Crippen molar-refractivity contribution in [3.8, 4) is 0 Å². The lowest BCUT2D eigenvalue weighted by Crippen LogP contribution is -2.34. The molecule has 112 valence electrons. The highest BCUT2D eigenvalue weighted by Gasteiger charge is 2.29. The monoisotopic (exact) mass is 276 g/mol. The van der Waals surface area contributed by atoms with E-state index in [9.17, 15) is 19.8 Å². The molecular formula is C13H24O6. The van der Waals surface area contributed by atoms with Crippen LogP contribution in [-0.2, 0) is 19.1 Å². The molecule has 0 aromatic carbocycles. The molecule has 0 radical (unpaired) electrons. The van der Waals surface area contributed by atoms with Gasteiger partial charge in [0.1, 0.15) is 6.42 Å². The molecule has 0 rings (SSSR count). The zero-order chi connectivity index (χ0) is 15.4. The maximum Gasteiger partial charge on any atom is 0.319 e. The first kappa shape index (κ1) is 17.9. The van der Waals surface area contributed by atoms with Gasteiger partial charge in [0.25, 0.3) is 0 Å². The molecule has 0 saturated carbocycles. The van der Waals surface area contributed by atoms with Gasteiger partial charge < -0.3 is 19.7 Å². The third-order valence-electron chi connectivity index (χ3n) is 2.26. The van der Waals surface area contributed by atoms with Crippen LogP contribution >= 0.6 is 0 Å². The largest absolute Gasteiger partial charge is 0.435 e. The third kappa shape index (κ3) is 7.12. The van der Waals surface area contributed by atoms with Crippen LogP contribution < -0.4 is 0 Å². The van der Waals surface area contributed by atoms with Crippen molar-refractivity contribution in [2.45, 2.75) is 60.5 Å². The van der Waals surface area contributed by atoms with Crippen LogP contribution in [0.4, 0.5) is 0 Å². The first-order valence-electron chi connectivity index (χ1n) is 6.09. The standard InChI is InChI=1S/C13H24O6/c1-12(2,3)10(16)18-8(14)7-9(15)19-11(17)13(4,5)6/h10-11,16-17H,7H2,1-6H3. The lowest BCUT2D eigenvalue weighted by atomic mass is 9.96. The van der Waals surface area contributed by atoms with E-state index in [-0.39, 0.29) is 0 Å². The van der Waals surface area contributed by atoms with E-state index in [0.717, 1.165) is 0 Å². The maximum atomic E-state index is 11.4. The van der Waals surface area contributed by atoms with Crippen LogP contribution in [0.25, 0.3) is 0 Å². The Morgan fingerprint density at radius 3 is 1.32 bits per heavy atom. The molecule has 0 aliphatic rings. The van der Waals surface area contributed by atoms with Gasteiger partial charge in [0.15, 0.2) is 0 Å². The highest BCUT2D eigenvalue weighted by molar-refractivity contribution is 5.91. The molecule has 6 nitrogen and oxygen atoms in total. The van der Waals surface area contributed by atoms with E-state index in [4.69, 9.17) is 0 Å². The van der Waals surface area contributed by atoms with Gasteiger partial charge in [-0.1, -0.05) is 41.5 Å². The number of hydrogen-bond acceptors (Lipinski definition) is 6. The summed E-state index contributed by atoms with van der Waals surface area (Å²) in [5, 5.41) is 19.1. The van der Waals surface area contributed by atoms with Crippen molar-refractivity contribution in [1.82, 2.24) is 0 Å². The molecule has 2 atom stereocenters. The Kier molecular flexibility index (Phi) is 5.96. The van der Waals surface area contributed by atoms with E-state index in [2.05, 4.69) is 9.47 Å². The minimum atomic E-state index is -1.31. The van der Waals surface area contributed by atoms with Crippen LogP contribution in [-0.4, -0.2) is 34.7 Å². The number of ether oxygens (including phenoxy) is 2. The van der Waals surface area contributed by atoms with E-state index in [0.29, 0.717) is 0 Å². The van der Waals surface area contributed by atoms with Crippen molar-refractivity contribution >= 4 is 11.9 Å². The molecule has 0 heterocycles. The Labute approximate surface area is 113 Å². The van der Waals surface area contributed by atoms with Gasteiger partial charge in [-0.25, -0.2) is 0 Å². The second-order valence-electron chi connectivity index (χ2n) is 6.59. The lowest BCUT2D eigenvalue weighted by molar-refractivity contribution is -0.197. The van der Waals surface area contributed by atoms with Gasteiger partial charge in [-0.15, -0.1) is 0 Å². The minimum absolute atomic E-state index is 0.634.